The number of carbonyl (C=O) groups is 2. The van der Waals surface area contributed by atoms with Crippen LogP contribution in [0.15, 0.2) is 54.6 Å². The summed E-state index contributed by atoms with van der Waals surface area (Å²) >= 11 is 6.01. The van der Waals surface area contributed by atoms with Crippen LogP contribution >= 0.6 is 11.6 Å². The average Bonchev–Trinajstić information content (AvgIpc) is 3.32. The second-order valence-electron chi connectivity index (χ2n) is 8.13. The first-order valence-corrected chi connectivity index (χ1v) is 10.9. The maximum atomic E-state index is 13.0. The van der Waals surface area contributed by atoms with Crippen LogP contribution < -0.4 is 0 Å². The van der Waals surface area contributed by atoms with Crippen molar-refractivity contribution in [1.29, 1.82) is 0 Å². The molecule has 31 heavy (non-hydrogen) atoms. The first kappa shape index (κ1) is 21.7. The molecule has 0 spiro atoms. The quantitative estimate of drug-likeness (QED) is 0.703. The van der Waals surface area contributed by atoms with Crippen molar-refractivity contribution in [3.8, 4) is 0 Å². The summed E-state index contributed by atoms with van der Waals surface area (Å²) < 4.78 is 10.8. The number of nitrogens with zero attached hydrogens (tertiary/aromatic N) is 1. The zero-order valence-electron chi connectivity index (χ0n) is 17.4. The van der Waals surface area contributed by atoms with Gasteiger partial charge in [0, 0.05) is 17.5 Å². The number of benzene rings is 2. The fraction of sp³-hybridized carbons (Fsp3) is 0.417. The zero-order chi connectivity index (χ0) is 22.0. The third-order valence-electron chi connectivity index (χ3n) is 6.44. The SMILES string of the molecule is CCOC(=O)[C@@H]1[C@H]2CCC(O)(c3ccc(Cl)cc3)[C@H]2CN1C(=O)OCc1ccccc1. The minimum absolute atomic E-state index is 0.114. The highest BCUT2D eigenvalue weighted by Crippen LogP contribution is 2.53. The number of rotatable bonds is 5. The van der Waals surface area contributed by atoms with Gasteiger partial charge in [0.2, 0.25) is 0 Å². The van der Waals surface area contributed by atoms with E-state index in [0.717, 1.165) is 11.1 Å². The molecular formula is C24H26ClNO5. The van der Waals surface area contributed by atoms with Gasteiger partial charge in [-0.3, -0.25) is 4.90 Å². The minimum Gasteiger partial charge on any atom is -0.464 e. The Labute approximate surface area is 186 Å². The summed E-state index contributed by atoms with van der Waals surface area (Å²) in [6.45, 7) is 2.30. The van der Waals surface area contributed by atoms with E-state index in [9.17, 15) is 14.7 Å². The summed E-state index contributed by atoms with van der Waals surface area (Å²) in [6, 6.07) is 15.7. The lowest BCUT2D eigenvalue weighted by molar-refractivity contribution is -0.149. The Morgan fingerprint density at radius 1 is 1.13 bits per heavy atom. The fourth-order valence-electron chi connectivity index (χ4n) is 4.97. The predicted octanol–water partition coefficient (Wildman–Crippen LogP) is 4.14. The van der Waals surface area contributed by atoms with Crippen molar-refractivity contribution in [2.45, 2.75) is 38.0 Å². The van der Waals surface area contributed by atoms with E-state index in [1.54, 1.807) is 31.2 Å². The van der Waals surface area contributed by atoms with E-state index < -0.39 is 23.7 Å². The molecule has 1 aliphatic heterocycles. The number of carbonyl (C=O) groups excluding carboxylic acids is 2. The summed E-state index contributed by atoms with van der Waals surface area (Å²) in [5.41, 5.74) is 0.459. The molecular weight excluding hydrogens is 418 g/mol. The van der Waals surface area contributed by atoms with Gasteiger partial charge in [-0.25, -0.2) is 9.59 Å². The van der Waals surface area contributed by atoms with E-state index in [1.807, 2.05) is 30.3 Å². The largest absolute Gasteiger partial charge is 0.464 e. The minimum atomic E-state index is -1.14. The molecule has 2 fully saturated rings. The van der Waals surface area contributed by atoms with Gasteiger partial charge in [0.25, 0.3) is 0 Å². The number of halogens is 1. The van der Waals surface area contributed by atoms with Gasteiger partial charge in [0.05, 0.1) is 12.2 Å². The lowest BCUT2D eigenvalue weighted by Crippen LogP contribution is -2.44. The van der Waals surface area contributed by atoms with Crippen LogP contribution in [0.3, 0.4) is 0 Å². The Hall–Kier alpha value is -2.57. The number of aliphatic hydroxyl groups is 1. The van der Waals surface area contributed by atoms with Crippen molar-refractivity contribution in [2.24, 2.45) is 11.8 Å². The molecule has 1 aliphatic carbocycles. The lowest BCUT2D eigenvalue weighted by atomic mass is 9.81. The topological polar surface area (TPSA) is 76.1 Å². The van der Waals surface area contributed by atoms with Crippen molar-refractivity contribution < 1.29 is 24.2 Å². The van der Waals surface area contributed by atoms with Crippen LogP contribution in [0.5, 0.6) is 0 Å². The van der Waals surface area contributed by atoms with Crippen LogP contribution in [0.2, 0.25) is 5.02 Å². The molecule has 2 aliphatic rings. The number of ether oxygens (including phenoxy) is 2. The first-order valence-electron chi connectivity index (χ1n) is 10.6. The summed E-state index contributed by atoms with van der Waals surface area (Å²) in [4.78, 5) is 27.2. The van der Waals surface area contributed by atoms with Crippen molar-refractivity contribution >= 4 is 23.7 Å². The second kappa shape index (κ2) is 8.89. The maximum Gasteiger partial charge on any atom is 0.410 e. The molecule has 1 N–H and O–H groups in total. The van der Waals surface area contributed by atoms with E-state index in [-0.39, 0.29) is 31.6 Å². The van der Waals surface area contributed by atoms with Gasteiger partial charge >= 0.3 is 12.1 Å². The molecule has 4 rings (SSSR count). The van der Waals surface area contributed by atoms with Crippen molar-refractivity contribution in [1.82, 2.24) is 4.90 Å². The van der Waals surface area contributed by atoms with Gasteiger partial charge in [-0.1, -0.05) is 54.1 Å². The van der Waals surface area contributed by atoms with Crippen LogP contribution in [0, 0.1) is 11.8 Å². The average molecular weight is 444 g/mol. The monoisotopic (exact) mass is 443 g/mol. The molecule has 4 atom stereocenters. The Morgan fingerprint density at radius 3 is 2.52 bits per heavy atom. The van der Waals surface area contributed by atoms with Gasteiger partial charge in [0.1, 0.15) is 12.6 Å². The lowest BCUT2D eigenvalue weighted by Gasteiger charge is -2.30. The Morgan fingerprint density at radius 2 is 1.84 bits per heavy atom. The normalized spacial score (nSPS) is 27.1. The van der Waals surface area contributed by atoms with Gasteiger partial charge in [-0.15, -0.1) is 0 Å². The highest BCUT2D eigenvalue weighted by atomic mass is 35.5. The third-order valence-corrected chi connectivity index (χ3v) is 6.69. The van der Waals surface area contributed by atoms with E-state index in [4.69, 9.17) is 21.1 Å². The molecule has 0 aromatic heterocycles. The Balaban J connectivity index is 1.57. The molecule has 2 aromatic rings. The van der Waals surface area contributed by atoms with Crippen molar-refractivity contribution in [3.63, 3.8) is 0 Å². The highest BCUT2D eigenvalue weighted by molar-refractivity contribution is 6.30. The Kier molecular flexibility index (Phi) is 6.21. The van der Waals surface area contributed by atoms with Gasteiger partial charge < -0.3 is 14.6 Å². The number of esters is 1. The maximum absolute atomic E-state index is 13.0. The fourth-order valence-corrected chi connectivity index (χ4v) is 5.09. The molecule has 7 heteroatoms. The van der Waals surface area contributed by atoms with Gasteiger partial charge in [0.15, 0.2) is 0 Å². The molecule has 6 nitrogen and oxygen atoms in total. The summed E-state index contributed by atoms with van der Waals surface area (Å²) in [5, 5.41) is 12.2. The van der Waals surface area contributed by atoms with Crippen LogP contribution in [-0.4, -0.2) is 41.3 Å². The van der Waals surface area contributed by atoms with Crippen LogP contribution in [0.4, 0.5) is 4.79 Å². The summed E-state index contributed by atoms with van der Waals surface area (Å²) in [6.07, 6.45) is 0.539. The molecule has 164 valence electrons. The van der Waals surface area contributed by atoms with Crippen LogP contribution in [0.1, 0.15) is 30.9 Å². The van der Waals surface area contributed by atoms with E-state index in [0.29, 0.717) is 17.9 Å². The van der Waals surface area contributed by atoms with Crippen molar-refractivity contribution in [2.75, 3.05) is 13.2 Å². The second-order valence-corrected chi connectivity index (χ2v) is 8.57. The Bertz CT molecular complexity index is 935. The summed E-state index contributed by atoms with van der Waals surface area (Å²) in [7, 11) is 0. The molecule has 1 saturated heterocycles. The van der Waals surface area contributed by atoms with E-state index in [1.165, 1.54) is 4.90 Å². The first-order chi connectivity index (χ1) is 14.9. The van der Waals surface area contributed by atoms with E-state index in [2.05, 4.69) is 0 Å². The molecule has 1 amide bonds. The van der Waals surface area contributed by atoms with Crippen LogP contribution in [0.25, 0.3) is 0 Å². The molecule has 2 aromatic carbocycles. The third kappa shape index (κ3) is 4.14. The number of likely N-dealkylation sites (tertiary alicyclic amines) is 1. The predicted molar refractivity (Wildman–Crippen MR) is 115 cm³/mol. The number of hydrogen-bond donors (Lipinski definition) is 1. The smallest absolute Gasteiger partial charge is 0.410 e. The molecule has 1 saturated carbocycles. The standard InChI is InChI=1S/C24H26ClNO5/c1-2-30-22(27)21-19-12-13-24(29,17-8-10-18(25)11-9-17)20(19)14-26(21)23(28)31-15-16-6-4-3-5-7-16/h3-11,19-21,29H,2,12-15H2,1H3/t19-,20-,21-,24?/m0/s1. The highest BCUT2D eigenvalue weighted by Gasteiger charge is 2.60. The number of hydrogen-bond acceptors (Lipinski definition) is 5. The van der Waals surface area contributed by atoms with Gasteiger partial charge in [-0.2, -0.15) is 0 Å². The van der Waals surface area contributed by atoms with Gasteiger partial charge in [-0.05, 0) is 48.9 Å². The summed E-state index contributed by atoms with van der Waals surface area (Å²) in [5.74, 6) is -0.955. The number of amides is 1. The van der Waals surface area contributed by atoms with Crippen LogP contribution in [-0.2, 0) is 26.5 Å². The number of fused-ring (bicyclic) bond motifs is 1. The molecule has 1 unspecified atom stereocenters. The zero-order valence-corrected chi connectivity index (χ0v) is 18.1. The van der Waals surface area contributed by atoms with Crippen molar-refractivity contribution in [3.05, 3.63) is 70.7 Å². The molecule has 1 heterocycles. The van der Waals surface area contributed by atoms with E-state index >= 15 is 0 Å². The molecule has 0 bridgehead atoms. The molecule has 0 radical (unpaired) electrons.